The number of rotatable bonds is 5. The van der Waals surface area contributed by atoms with Crippen molar-refractivity contribution in [2.45, 2.75) is 19.9 Å². The van der Waals surface area contributed by atoms with Crippen molar-refractivity contribution in [2.24, 2.45) is 0 Å². The molecule has 0 aliphatic carbocycles. The standard InChI is InChI=1S/C16H17N3O5S2/c1-3-18-7-6-9-11(8-18)26-15(13(9)16(21)24-2)17-14(20)10-4-5-12(25-10)19(22)23/h4-5H,3,6-8H2,1-2H3,(H,17,20). The van der Waals surface area contributed by atoms with Crippen molar-refractivity contribution in [1.29, 1.82) is 0 Å². The lowest BCUT2D eigenvalue weighted by atomic mass is 10.0. The highest BCUT2D eigenvalue weighted by Crippen LogP contribution is 2.38. The van der Waals surface area contributed by atoms with Crippen LogP contribution in [0.3, 0.4) is 0 Å². The number of methoxy groups -OCH3 is 1. The molecule has 26 heavy (non-hydrogen) atoms. The zero-order valence-electron chi connectivity index (χ0n) is 14.2. The van der Waals surface area contributed by atoms with Gasteiger partial charge in [-0.2, -0.15) is 0 Å². The first-order valence-corrected chi connectivity index (χ1v) is 9.58. The molecular weight excluding hydrogens is 378 g/mol. The highest BCUT2D eigenvalue weighted by Gasteiger charge is 2.29. The van der Waals surface area contributed by atoms with Crippen LogP contribution in [0, 0.1) is 10.1 Å². The van der Waals surface area contributed by atoms with Crippen LogP contribution in [0.2, 0.25) is 0 Å². The molecule has 138 valence electrons. The minimum atomic E-state index is -0.537. The summed E-state index contributed by atoms with van der Waals surface area (Å²) in [5.41, 5.74) is 1.31. The Morgan fingerprint density at radius 3 is 2.77 bits per heavy atom. The maximum atomic E-state index is 12.5. The van der Waals surface area contributed by atoms with E-state index < -0.39 is 16.8 Å². The van der Waals surface area contributed by atoms with E-state index in [0.717, 1.165) is 41.4 Å². The molecule has 0 bridgehead atoms. The van der Waals surface area contributed by atoms with Crippen molar-refractivity contribution in [1.82, 2.24) is 4.90 Å². The van der Waals surface area contributed by atoms with Gasteiger partial charge >= 0.3 is 11.0 Å². The highest BCUT2D eigenvalue weighted by molar-refractivity contribution is 7.18. The number of carbonyl (C=O) groups is 2. The van der Waals surface area contributed by atoms with Gasteiger partial charge in [-0.15, -0.1) is 11.3 Å². The quantitative estimate of drug-likeness (QED) is 0.474. The zero-order valence-corrected chi connectivity index (χ0v) is 15.9. The van der Waals surface area contributed by atoms with Gasteiger partial charge in [-0.05, 0) is 24.6 Å². The lowest BCUT2D eigenvalue weighted by Gasteiger charge is -2.25. The van der Waals surface area contributed by atoms with Gasteiger partial charge in [0.15, 0.2) is 0 Å². The lowest BCUT2D eigenvalue weighted by Crippen LogP contribution is -2.29. The number of nitrogens with one attached hydrogen (secondary N) is 1. The molecule has 0 atom stereocenters. The van der Waals surface area contributed by atoms with Gasteiger partial charge in [-0.25, -0.2) is 4.79 Å². The van der Waals surface area contributed by atoms with Crippen molar-refractivity contribution in [3.63, 3.8) is 0 Å². The maximum Gasteiger partial charge on any atom is 0.341 e. The second kappa shape index (κ2) is 7.52. The van der Waals surface area contributed by atoms with E-state index in [1.807, 2.05) is 0 Å². The van der Waals surface area contributed by atoms with Gasteiger partial charge in [0.25, 0.3) is 5.91 Å². The molecule has 0 radical (unpaired) electrons. The second-order valence-corrected chi connectivity index (χ2v) is 7.83. The van der Waals surface area contributed by atoms with Gasteiger partial charge in [0.05, 0.1) is 22.5 Å². The largest absolute Gasteiger partial charge is 0.465 e. The van der Waals surface area contributed by atoms with Gasteiger partial charge in [0.1, 0.15) is 5.00 Å². The molecule has 1 aliphatic heterocycles. The Bertz CT molecular complexity index is 873. The fourth-order valence-electron chi connectivity index (χ4n) is 2.84. The van der Waals surface area contributed by atoms with Crippen LogP contribution in [-0.4, -0.2) is 41.9 Å². The average molecular weight is 395 g/mol. The predicted molar refractivity (Wildman–Crippen MR) is 99.2 cm³/mol. The van der Waals surface area contributed by atoms with E-state index in [1.165, 1.54) is 30.6 Å². The van der Waals surface area contributed by atoms with Gasteiger partial charge in [0.2, 0.25) is 0 Å². The third-order valence-corrected chi connectivity index (χ3v) is 6.36. The summed E-state index contributed by atoms with van der Waals surface area (Å²) in [7, 11) is 1.31. The summed E-state index contributed by atoms with van der Waals surface area (Å²) >= 11 is 2.15. The summed E-state index contributed by atoms with van der Waals surface area (Å²) in [4.78, 5) is 38.5. The number of thiophene rings is 2. The summed E-state index contributed by atoms with van der Waals surface area (Å²) in [6.45, 7) is 4.55. The fraction of sp³-hybridized carbons (Fsp3) is 0.375. The van der Waals surface area contributed by atoms with Gasteiger partial charge in [-0.1, -0.05) is 18.3 Å². The first-order chi connectivity index (χ1) is 12.4. The molecular formula is C16H17N3O5S2. The molecule has 1 N–H and O–H groups in total. The van der Waals surface area contributed by atoms with Crippen LogP contribution in [0.15, 0.2) is 12.1 Å². The van der Waals surface area contributed by atoms with Crippen molar-refractivity contribution < 1.29 is 19.2 Å². The molecule has 8 nitrogen and oxygen atoms in total. The summed E-state index contributed by atoms with van der Waals surface area (Å²) < 4.78 is 4.89. The molecule has 0 spiro atoms. The number of nitrogens with zero attached hydrogens (tertiary/aromatic N) is 2. The van der Waals surface area contributed by atoms with Crippen LogP contribution in [0.1, 0.15) is 37.4 Å². The number of amides is 1. The molecule has 3 heterocycles. The Morgan fingerprint density at radius 2 is 2.15 bits per heavy atom. The number of carbonyl (C=O) groups excluding carboxylic acids is 2. The number of hydrogen-bond donors (Lipinski definition) is 1. The van der Waals surface area contributed by atoms with E-state index in [-0.39, 0.29) is 9.88 Å². The van der Waals surface area contributed by atoms with E-state index in [4.69, 9.17) is 4.74 Å². The normalized spacial score (nSPS) is 13.9. The minimum Gasteiger partial charge on any atom is -0.465 e. The van der Waals surface area contributed by atoms with Crippen molar-refractivity contribution in [2.75, 3.05) is 25.5 Å². The van der Waals surface area contributed by atoms with E-state index in [2.05, 4.69) is 17.1 Å². The number of fused-ring (bicyclic) bond motifs is 1. The minimum absolute atomic E-state index is 0.104. The number of likely N-dealkylation sites (N-methyl/N-ethyl adjacent to an activating group) is 1. The molecule has 10 heteroatoms. The Morgan fingerprint density at radius 1 is 1.38 bits per heavy atom. The first kappa shape index (κ1) is 18.5. The molecule has 1 amide bonds. The molecule has 2 aromatic rings. The highest BCUT2D eigenvalue weighted by atomic mass is 32.1. The molecule has 2 aromatic heterocycles. The van der Waals surface area contributed by atoms with Gasteiger partial charge in [0, 0.05) is 24.0 Å². The summed E-state index contributed by atoms with van der Waals surface area (Å²) in [5, 5.41) is 13.8. The monoisotopic (exact) mass is 395 g/mol. The van der Waals surface area contributed by atoms with E-state index in [1.54, 1.807) is 0 Å². The van der Waals surface area contributed by atoms with Gasteiger partial charge < -0.3 is 10.1 Å². The van der Waals surface area contributed by atoms with Crippen molar-refractivity contribution in [3.8, 4) is 0 Å². The van der Waals surface area contributed by atoms with Crippen LogP contribution in [0.25, 0.3) is 0 Å². The smallest absolute Gasteiger partial charge is 0.341 e. The maximum absolute atomic E-state index is 12.5. The average Bonchev–Trinajstić information content (AvgIpc) is 3.25. The number of nitro groups is 1. The van der Waals surface area contributed by atoms with Gasteiger partial charge in [-0.3, -0.25) is 19.8 Å². The van der Waals surface area contributed by atoms with Crippen LogP contribution in [0.5, 0.6) is 0 Å². The molecule has 0 unspecified atom stereocenters. The summed E-state index contributed by atoms with van der Waals surface area (Å²) in [6.07, 6.45) is 0.713. The van der Waals surface area contributed by atoms with Crippen LogP contribution in [-0.2, 0) is 17.7 Å². The van der Waals surface area contributed by atoms with Crippen LogP contribution < -0.4 is 5.32 Å². The zero-order chi connectivity index (χ0) is 18.8. The van der Waals surface area contributed by atoms with E-state index in [9.17, 15) is 19.7 Å². The Hall–Kier alpha value is -2.30. The Balaban J connectivity index is 1.91. The molecule has 3 rings (SSSR count). The fourth-order valence-corrected chi connectivity index (χ4v) is 4.83. The van der Waals surface area contributed by atoms with Crippen molar-refractivity contribution in [3.05, 3.63) is 43.1 Å². The SMILES string of the molecule is CCN1CCc2c(sc(NC(=O)c3ccc([N+](=O)[O-])s3)c2C(=O)OC)C1. The number of esters is 1. The Kier molecular flexibility index (Phi) is 5.35. The van der Waals surface area contributed by atoms with Crippen molar-refractivity contribution >= 4 is 44.6 Å². The third-order valence-electron chi connectivity index (χ3n) is 4.20. The molecule has 0 fully saturated rings. The second-order valence-electron chi connectivity index (χ2n) is 5.67. The summed E-state index contributed by atoms with van der Waals surface area (Å²) in [5.74, 6) is -0.959. The van der Waals surface area contributed by atoms with E-state index in [0.29, 0.717) is 17.0 Å². The number of ether oxygens (including phenoxy) is 1. The van der Waals surface area contributed by atoms with E-state index >= 15 is 0 Å². The number of hydrogen-bond acceptors (Lipinski definition) is 8. The third kappa shape index (κ3) is 3.48. The molecule has 0 aromatic carbocycles. The summed E-state index contributed by atoms with van der Waals surface area (Å²) in [6, 6.07) is 2.70. The molecule has 1 aliphatic rings. The molecule has 0 saturated heterocycles. The van der Waals surface area contributed by atoms with Crippen LogP contribution >= 0.6 is 22.7 Å². The van der Waals surface area contributed by atoms with Crippen LogP contribution in [0.4, 0.5) is 10.0 Å². The molecule has 0 saturated carbocycles. The first-order valence-electron chi connectivity index (χ1n) is 7.95. The topological polar surface area (TPSA) is 102 Å². The number of anilines is 1. The predicted octanol–water partition coefficient (Wildman–Crippen LogP) is 3.13. The Labute approximate surface area is 157 Å². The lowest BCUT2D eigenvalue weighted by molar-refractivity contribution is -0.380.